The fourth-order valence-electron chi connectivity index (χ4n) is 8.73. The highest BCUT2D eigenvalue weighted by Gasteiger charge is 2.25. The van der Waals surface area contributed by atoms with Gasteiger partial charge >= 0.3 is 0 Å². The van der Waals surface area contributed by atoms with E-state index < -0.39 is 0 Å². The van der Waals surface area contributed by atoms with Crippen LogP contribution in [0.25, 0.3) is 66.1 Å². The first-order valence-electron chi connectivity index (χ1n) is 19.7. The Hall–Kier alpha value is -7.75. The van der Waals surface area contributed by atoms with Crippen molar-refractivity contribution in [1.82, 2.24) is 14.5 Å². The molecule has 6 heteroatoms. The lowest BCUT2D eigenvalue weighted by Gasteiger charge is -2.26. The first-order chi connectivity index (χ1) is 28.7. The first-order valence-corrected chi connectivity index (χ1v) is 19.7. The molecule has 1 N–H and O–H groups in total. The largest absolute Gasteiger partial charge is 0.344 e. The van der Waals surface area contributed by atoms with Crippen molar-refractivity contribution in [3.63, 3.8) is 0 Å². The summed E-state index contributed by atoms with van der Waals surface area (Å²) in [6.07, 6.45) is 8.09. The van der Waals surface area contributed by atoms with Crippen LogP contribution in [-0.2, 0) is 0 Å². The maximum absolute atomic E-state index is 10.0. The van der Waals surface area contributed by atoms with E-state index in [1.54, 1.807) is 0 Å². The first kappa shape index (κ1) is 33.6. The number of allylic oxidation sites excluding steroid dienone is 3. The molecule has 58 heavy (non-hydrogen) atoms. The van der Waals surface area contributed by atoms with E-state index in [-0.39, 0.29) is 6.17 Å². The second-order valence-corrected chi connectivity index (χ2v) is 14.9. The molecular weight excluding hydrogens is 709 g/mol. The summed E-state index contributed by atoms with van der Waals surface area (Å²) in [5.74, 6) is 1.55. The maximum atomic E-state index is 10.0. The Morgan fingerprint density at radius 1 is 0.603 bits per heavy atom. The van der Waals surface area contributed by atoms with Gasteiger partial charge in [0.25, 0.3) is 0 Å². The number of rotatable bonds is 6. The Morgan fingerprint density at radius 2 is 1.29 bits per heavy atom. The third kappa shape index (κ3) is 5.56. The van der Waals surface area contributed by atoms with Crippen molar-refractivity contribution < 1.29 is 0 Å². The highest BCUT2D eigenvalue weighted by molar-refractivity contribution is 6.16. The van der Waals surface area contributed by atoms with Gasteiger partial charge in [0.15, 0.2) is 5.84 Å². The summed E-state index contributed by atoms with van der Waals surface area (Å²) in [5.41, 5.74) is 12.4. The molecule has 6 nitrogen and oxygen atoms in total. The second-order valence-electron chi connectivity index (χ2n) is 14.9. The minimum atomic E-state index is -0.289. The summed E-state index contributed by atoms with van der Waals surface area (Å²) in [7, 11) is 0. The van der Waals surface area contributed by atoms with Crippen molar-refractivity contribution in [2.45, 2.75) is 19.0 Å². The van der Waals surface area contributed by atoms with Gasteiger partial charge in [0, 0.05) is 32.8 Å². The van der Waals surface area contributed by atoms with Crippen LogP contribution in [0.4, 0.5) is 0 Å². The van der Waals surface area contributed by atoms with Crippen LogP contribution in [0.15, 0.2) is 198 Å². The normalized spacial score (nSPS) is 15.3. The van der Waals surface area contributed by atoms with Gasteiger partial charge in [-0.05, 0) is 83.6 Å². The molecule has 0 fully saturated rings. The molecule has 2 aromatic heterocycles. The van der Waals surface area contributed by atoms with E-state index >= 15 is 0 Å². The SMILES string of the molecule is N#Cc1ccc2c3ccc(-c4ccccc4)cc3n(-c3ccc4c5ccccc5n(-c5ccccc5C5=NC(c6ccccc6)NC(C6=CC=CCC6)=N5)c4c3)c2c1. The maximum Gasteiger partial charge on any atom is 0.161 e. The number of nitrogens with one attached hydrogen (secondary N) is 1. The van der Waals surface area contributed by atoms with Gasteiger partial charge in [-0.1, -0.05) is 133 Å². The lowest BCUT2D eigenvalue weighted by Crippen LogP contribution is -2.34. The summed E-state index contributed by atoms with van der Waals surface area (Å²) in [4.78, 5) is 10.6. The minimum absolute atomic E-state index is 0.289. The lowest BCUT2D eigenvalue weighted by molar-refractivity contribution is 0.670. The topological polar surface area (TPSA) is 70.4 Å². The predicted molar refractivity (Wildman–Crippen MR) is 238 cm³/mol. The van der Waals surface area contributed by atoms with Crippen molar-refractivity contribution in [1.29, 1.82) is 5.26 Å². The van der Waals surface area contributed by atoms with E-state index in [2.05, 4.69) is 178 Å². The standard InChI is InChI=1S/C52H36N6/c53-33-34-24-27-41-42-28-25-38(35-14-4-1-5-15-35)31-48(42)57(47(41)30-34)39-26-29-43-40-20-10-12-22-45(40)58(49(43)32-39)46-23-13-11-21-44(46)52-55-50(36-16-6-2-7-17-36)54-51(56-52)37-18-8-3-9-19-37/h1-8,10-18,20-32,50H,9,19H2,(H,54,55,56). The molecule has 0 bridgehead atoms. The van der Waals surface area contributed by atoms with Crippen LogP contribution < -0.4 is 5.32 Å². The van der Waals surface area contributed by atoms with Gasteiger partial charge in [0.2, 0.25) is 0 Å². The molecule has 0 spiro atoms. The fourth-order valence-corrected chi connectivity index (χ4v) is 8.73. The molecule has 11 rings (SSSR count). The summed E-state index contributed by atoms with van der Waals surface area (Å²) >= 11 is 0. The van der Waals surface area contributed by atoms with Crippen LogP contribution in [0.3, 0.4) is 0 Å². The van der Waals surface area contributed by atoms with Gasteiger partial charge in [-0.3, -0.25) is 0 Å². The van der Waals surface area contributed by atoms with Crippen molar-refractivity contribution in [3.05, 3.63) is 204 Å². The molecule has 1 aliphatic heterocycles. The zero-order valence-electron chi connectivity index (χ0n) is 31.5. The van der Waals surface area contributed by atoms with Crippen molar-refractivity contribution in [3.8, 4) is 28.6 Å². The van der Waals surface area contributed by atoms with E-state index in [0.717, 1.165) is 95.9 Å². The Labute approximate surface area is 335 Å². The number of hydrogen-bond acceptors (Lipinski definition) is 4. The van der Waals surface area contributed by atoms with Crippen LogP contribution in [-0.4, -0.2) is 20.8 Å². The number of aromatic nitrogens is 2. The van der Waals surface area contributed by atoms with Crippen molar-refractivity contribution >= 4 is 55.3 Å². The Morgan fingerprint density at radius 3 is 2.10 bits per heavy atom. The molecule has 1 unspecified atom stereocenters. The van der Waals surface area contributed by atoms with E-state index in [1.807, 2.05) is 24.3 Å². The molecule has 0 amide bonds. The number of hydrogen-bond donors (Lipinski definition) is 1. The van der Waals surface area contributed by atoms with Gasteiger partial charge in [0.1, 0.15) is 12.0 Å². The summed E-state index contributed by atoms with van der Waals surface area (Å²) in [5, 5.41) is 18.2. The zero-order valence-corrected chi connectivity index (χ0v) is 31.5. The molecule has 7 aromatic carbocycles. The number of benzene rings is 7. The molecule has 3 heterocycles. The molecule has 0 saturated carbocycles. The zero-order chi connectivity index (χ0) is 38.6. The molecule has 1 aliphatic carbocycles. The van der Waals surface area contributed by atoms with Gasteiger partial charge in [0.05, 0.1) is 39.4 Å². The molecule has 274 valence electrons. The number of amidine groups is 2. The number of nitrogens with zero attached hydrogens (tertiary/aromatic N) is 5. The van der Waals surface area contributed by atoms with Gasteiger partial charge in [-0.15, -0.1) is 0 Å². The van der Waals surface area contributed by atoms with Crippen LogP contribution in [0.1, 0.15) is 35.7 Å². The molecular formula is C52H36N6. The Kier molecular flexibility index (Phi) is 7.97. The average Bonchev–Trinajstić information content (AvgIpc) is 3.81. The Balaban J connectivity index is 1.15. The van der Waals surface area contributed by atoms with Crippen LogP contribution in [0, 0.1) is 11.3 Å². The highest BCUT2D eigenvalue weighted by Crippen LogP contribution is 2.39. The monoisotopic (exact) mass is 744 g/mol. The number of para-hydroxylation sites is 2. The number of fused-ring (bicyclic) bond motifs is 6. The molecule has 0 radical (unpaired) electrons. The molecule has 2 aliphatic rings. The molecule has 9 aromatic rings. The third-order valence-electron chi connectivity index (χ3n) is 11.5. The third-order valence-corrected chi connectivity index (χ3v) is 11.5. The summed E-state index contributed by atoms with van der Waals surface area (Å²) in [6, 6.07) is 59.8. The quantitative estimate of drug-likeness (QED) is 0.184. The lowest BCUT2D eigenvalue weighted by atomic mass is 10.0. The van der Waals surface area contributed by atoms with Crippen molar-refractivity contribution in [2.75, 3.05) is 0 Å². The second kappa shape index (κ2) is 13.8. The summed E-state index contributed by atoms with van der Waals surface area (Å²) in [6.45, 7) is 0. The van der Waals surface area contributed by atoms with Gasteiger partial charge in [-0.2, -0.15) is 5.26 Å². The van der Waals surface area contributed by atoms with Crippen molar-refractivity contribution in [2.24, 2.45) is 9.98 Å². The molecule has 1 atom stereocenters. The van der Waals surface area contributed by atoms with E-state index in [1.165, 1.54) is 5.57 Å². The fraction of sp³-hybridized carbons (Fsp3) is 0.0577. The highest BCUT2D eigenvalue weighted by atomic mass is 15.2. The smallest absolute Gasteiger partial charge is 0.161 e. The number of aliphatic imine (C=N–C) groups is 2. The van der Waals surface area contributed by atoms with Gasteiger partial charge < -0.3 is 14.5 Å². The van der Waals surface area contributed by atoms with E-state index in [9.17, 15) is 5.26 Å². The number of nitriles is 1. The predicted octanol–water partition coefficient (Wildman–Crippen LogP) is 12.1. The summed E-state index contributed by atoms with van der Waals surface area (Å²) < 4.78 is 4.68. The molecule has 0 saturated heterocycles. The van der Waals surface area contributed by atoms with Crippen LogP contribution in [0.2, 0.25) is 0 Å². The minimum Gasteiger partial charge on any atom is -0.344 e. The van der Waals surface area contributed by atoms with Crippen LogP contribution in [0.5, 0.6) is 0 Å². The van der Waals surface area contributed by atoms with E-state index in [4.69, 9.17) is 9.98 Å². The van der Waals surface area contributed by atoms with Gasteiger partial charge in [-0.25, -0.2) is 9.98 Å². The Bertz CT molecular complexity index is 3260. The van der Waals surface area contributed by atoms with E-state index in [0.29, 0.717) is 11.4 Å². The van der Waals surface area contributed by atoms with Crippen LogP contribution >= 0.6 is 0 Å². The average molecular weight is 745 g/mol.